The second-order valence-corrected chi connectivity index (χ2v) is 37.3. The summed E-state index contributed by atoms with van der Waals surface area (Å²) < 4.78 is 5.28. The first-order valence-electron chi connectivity index (χ1n) is 46.3. The maximum atomic E-state index is 5.36. The van der Waals surface area contributed by atoms with Crippen LogP contribution in [-0.4, -0.2) is 29.9 Å². The van der Waals surface area contributed by atoms with E-state index >= 15 is 0 Å². The van der Waals surface area contributed by atoms with Crippen molar-refractivity contribution in [2.75, 3.05) is 0 Å². The Kier molecular flexibility index (Phi) is 19.4. The highest BCUT2D eigenvalue weighted by atomic mass is 32.1. The van der Waals surface area contributed by atoms with E-state index in [1.165, 1.54) is 140 Å². The minimum Gasteiger partial charge on any atom is -0.208 e. The molecule has 0 unspecified atom stereocenters. The SMILES string of the molecule is c1ccc(-c2ccccc2-c2nc(-c3ccc(-c4ccc(-c5cccc6c5sc5ccccc56)cc4)cc3)nc(-c3ccc4c(c3)-c3ccccc3C43c4ccccc4-c4ccccc43)n2)cc1.c1ccc(-c2ccccc2-c2nc(-c3ccc(-c4ccc(-c5cccc6c5sc5ccccc56)cc4)cc3)nc(-c3ccc4c(c3)C(c3ccccc3)(c3ccccc3)c3ccccc3-4)n2)cc1. The van der Waals surface area contributed by atoms with Gasteiger partial charge in [0.1, 0.15) is 0 Å². The van der Waals surface area contributed by atoms with Crippen LogP contribution in [0.3, 0.4) is 0 Å². The zero-order valence-electron chi connectivity index (χ0n) is 73.7. The van der Waals surface area contributed by atoms with Crippen molar-refractivity contribution in [3.05, 3.63) is 530 Å². The van der Waals surface area contributed by atoms with E-state index in [1.807, 2.05) is 28.7 Å². The van der Waals surface area contributed by atoms with Crippen LogP contribution in [0.15, 0.2) is 485 Å². The van der Waals surface area contributed by atoms with Gasteiger partial charge in [0.25, 0.3) is 0 Å². The number of nitrogens with zero attached hydrogens (tertiary/aromatic N) is 6. The smallest absolute Gasteiger partial charge is 0.164 e. The van der Waals surface area contributed by atoms with Gasteiger partial charge < -0.3 is 0 Å². The third-order valence-corrected chi connectivity index (χ3v) is 30.3. The molecule has 0 aliphatic heterocycles. The summed E-state index contributed by atoms with van der Waals surface area (Å²) in [6, 6.07) is 175. The van der Waals surface area contributed by atoms with Gasteiger partial charge in [-0.25, -0.2) is 29.9 Å². The van der Waals surface area contributed by atoms with E-state index in [0.29, 0.717) is 34.9 Å². The Hall–Kier alpha value is -17.1. The van der Waals surface area contributed by atoms with Crippen LogP contribution >= 0.6 is 22.7 Å². The Morgan fingerprint density at radius 1 is 0.140 bits per heavy atom. The monoisotopic (exact) mass is 1760 g/mol. The van der Waals surface area contributed by atoms with Crippen molar-refractivity contribution in [3.63, 3.8) is 0 Å². The maximum absolute atomic E-state index is 5.36. The lowest BCUT2D eigenvalue weighted by molar-refractivity contribution is 0.768. The van der Waals surface area contributed by atoms with Crippen molar-refractivity contribution in [3.8, 4) is 168 Å². The first kappa shape index (κ1) is 79.8. The third-order valence-electron chi connectivity index (χ3n) is 27.9. The number of thiophene rings is 2. The van der Waals surface area contributed by atoms with Gasteiger partial charge in [-0.15, -0.1) is 22.7 Å². The molecule has 3 aliphatic rings. The Morgan fingerprint density at radius 2 is 0.404 bits per heavy atom. The normalized spacial score (nSPS) is 12.7. The van der Waals surface area contributed by atoms with Crippen molar-refractivity contribution >= 4 is 63.0 Å². The van der Waals surface area contributed by atoms with Gasteiger partial charge in [-0.3, -0.25) is 0 Å². The Balaban J connectivity index is 0.000000141. The molecule has 0 N–H and O–H groups in total. The molecular formula is C128H80N6S2. The second kappa shape index (κ2) is 33.0. The van der Waals surface area contributed by atoms with Crippen LogP contribution in [-0.2, 0) is 10.8 Å². The number of hydrogen-bond donors (Lipinski definition) is 0. The fourth-order valence-corrected chi connectivity index (χ4v) is 24.2. The molecule has 1 spiro atoms. The van der Waals surface area contributed by atoms with Crippen LogP contribution < -0.4 is 0 Å². The van der Waals surface area contributed by atoms with Crippen molar-refractivity contribution < 1.29 is 0 Å². The molecule has 0 saturated heterocycles. The summed E-state index contributed by atoms with van der Waals surface area (Å²) in [5, 5.41) is 5.25. The molecule has 20 aromatic carbocycles. The van der Waals surface area contributed by atoms with Gasteiger partial charge in [-0.2, -0.15) is 0 Å². The van der Waals surface area contributed by atoms with E-state index in [2.05, 4.69) is 479 Å². The summed E-state index contributed by atoms with van der Waals surface area (Å²) in [6.45, 7) is 0. The molecule has 4 aromatic heterocycles. The zero-order valence-corrected chi connectivity index (χ0v) is 75.3. The van der Waals surface area contributed by atoms with E-state index in [4.69, 9.17) is 29.9 Å². The van der Waals surface area contributed by atoms with Gasteiger partial charge in [-0.1, -0.05) is 461 Å². The van der Waals surface area contributed by atoms with Crippen molar-refractivity contribution in [1.82, 2.24) is 29.9 Å². The lowest BCUT2D eigenvalue weighted by atomic mass is 9.67. The second-order valence-electron chi connectivity index (χ2n) is 35.2. The molecule has 24 aromatic rings. The number of rotatable bonds is 14. The summed E-state index contributed by atoms with van der Waals surface area (Å²) in [6.07, 6.45) is 0. The van der Waals surface area contributed by atoms with Crippen molar-refractivity contribution in [1.29, 1.82) is 0 Å². The van der Waals surface area contributed by atoms with Crippen LogP contribution in [0.5, 0.6) is 0 Å². The summed E-state index contributed by atoms with van der Waals surface area (Å²) in [7, 11) is 0. The standard InChI is InChI=1S/C64H39N3S.C64H41N3S/c1-2-15-42(16-3-1)46-17-4-5-22-53(46)63-66-61(44-35-31-41(32-36-44)40-29-33-43(34-30-40)47-23-14-24-52-51-21-9-13-28-59(51)68-60(47)52)65-62(67-63)45-37-38-58-54(39-45)50-20-8-12-27-57(50)64(58)55-25-10-6-18-48(55)49-19-7-11-26-56(49)64;1-4-17-44(18-5-1)50-23-10-11-26-56(50)63-66-61(46-37-33-43(34-38-46)42-31-35-45(36-32-42)51-27-16-28-55-54-25-13-15-30-59(54)68-60(51)55)65-62(67-63)47-39-40-53-52-24-12-14-29-57(52)64(58(53)41-47,48-19-6-2-7-20-48)49-21-8-3-9-22-49/h1-39H;1-41H. The molecule has 6 nitrogen and oxygen atoms in total. The number of benzene rings is 20. The average Bonchev–Trinajstić information content (AvgIpc) is 1.50. The Labute approximate surface area is 796 Å². The highest BCUT2D eigenvalue weighted by molar-refractivity contribution is 7.26. The van der Waals surface area contributed by atoms with Crippen molar-refractivity contribution in [2.45, 2.75) is 10.8 Å². The van der Waals surface area contributed by atoms with Crippen molar-refractivity contribution in [2.24, 2.45) is 0 Å². The molecule has 0 amide bonds. The summed E-state index contributed by atoms with van der Waals surface area (Å²) in [5.74, 6) is 3.76. The molecule has 0 radical (unpaired) electrons. The Bertz CT molecular complexity index is 8730. The van der Waals surface area contributed by atoms with E-state index in [9.17, 15) is 0 Å². The molecule has 8 heteroatoms. The molecule has 634 valence electrons. The van der Waals surface area contributed by atoms with Crippen LogP contribution in [0, 0.1) is 0 Å². The quantitative estimate of drug-likeness (QED) is 0.108. The summed E-state index contributed by atoms with van der Waals surface area (Å²) in [5.41, 5.74) is 36.1. The minimum absolute atomic E-state index is 0.420. The van der Waals surface area contributed by atoms with Crippen LogP contribution in [0.1, 0.15) is 44.5 Å². The molecule has 0 fully saturated rings. The van der Waals surface area contributed by atoms with Crippen LogP contribution in [0.25, 0.3) is 209 Å². The molecular weight excluding hydrogens is 1690 g/mol. The summed E-state index contributed by atoms with van der Waals surface area (Å²) >= 11 is 3.73. The fourth-order valence-electron chi connectivity index (χ4n) is 21.7. The minimum atomic E-state index is -0.553. The molecule has 0 saturated carbocycles. The first-order chi connectivity index (χ1) is 67.4. The van der Waals surface area contributed by atoms with E-state index < -0.39 is 10.8 Å². The third kappa shape index (κ3) is 13.2. The van der Waals surface area contributed by atoms with Gasteiger partial charge in [0, 0.05) is 73.7 Å². The van der Waals surface area contributed by atoms with Gasteiger partial charge in [0.2, 0.25) is 0 Å². The topological polar surface area (TPSA) is 77.3 Å². The molecule has 4 heterocycles. The molecule has 0 bridgehead atoms. The largest absolute Gasteiger partial charge is 0.208 e. The Morgan fingerprint density at radius 3 is 0.824 bits per heavy atom. The zero-order chi connectivity index (χ0) is 89.8. The van der Waals surface area contributed by atoms with E-state index in [-0.39, 0.29) is 0 Å². The van der Waals surface area contributed by atoms with Gasteiger partial charge in [-0.05, 0) is 169 Å². The highest BCUT2D eigenvalue weighted by Crippen LogP contribution is 2.64. The number of fused-ring (bicyclic) bond motifs is 19. The molecule has 136 heavy (non-hydrogen) atoms. The van der Waals surface area contributed by atoms with Crippen LogP contribution in [0.2, 0.25) is 0 Å². The van der Waals surface area contributed by atoms with E-state index in [1.54, 1.807) is 0 Å². The predicted octanol–water partition coefficient (Wildman–Crippen LogP) is 33.2. The van der Waals surface area contributed by atoms with Gasteiger partial charge >= 0.3 is 0 Å². The van der Waals surface area contributed by atoms with E-state index in [0.717, 1.165) is 77.9 Å². The lowest BCUT2D eigenvalue weighted by Gasteiger charge is -2.34. The molecule has 27 rings (SSSR count). The first-order valence-corrected chi connectivity index (χ1v) is 47.9. The molecule has 0 atom stereocenters. The average molecular weight is 1770 g/mol. The summed E-state index contributed by atoms with van der Waals surface area (Å²) in [4.78, 5) is 31.9. The van der Waals surface area contributed by atoms with Crippen LogP contribution in [0.4, 0.5) is 0 Å². The lowest BCUT2D eigenvalue weighted by Crippen LogP contribution is -2.28. The highest BCUT2D eigenvalue weighted by Gasteiger charge is 2.52. The fraction of sp³-hybridized carbons (Fsp3) is 0.0156. The number of aromatic nitrogens is 6. The van der Waals surface area contributed by atoms with Gasteiger partial charge in [0.05, 0.1) is 10.8 Å². The maximum Gasteiger partial charge on any atom is 0.164 e. The van der Waals surface area contributed by atoms with Gasteiger partial charge in [0.15, 0.2) is 34.9 Å². The predicted molar refractivity (Wildman–Crippen MR) is 564 cm³/mol. The molecule has 3 aliphatic carbocycles. The number of hydrogen-bond acceptors (Lipinski definition) is 8.